The number of carbonyl (C=O) groups is 1. The average molecular weight is 244 g/mol. The predicted molar refractivity (Wildman–Crippen MR) is 63.0 cm³/mol. The van der Waals surface area contributed by atoms with Gasteiger partial charge in [-0.2, -0.15) is 0 Å². The topological polar surface area (TPSA) is 61.5 Å². The second-order valence-corrected chi connectivity index (χ2v) is 3.94. The molecule has 0 bridgehead atoms. The molecule has 0 amide bonds. The standard InChI is InChI=1S/C11H14ClNO3/c1-6(2)16-10-5-9(13)8(12)4-7(10)11(14)15-3/h4-6H,13H2,1-3H3. The molecule has 0 aliphatic heterocycles. The second-order valence-electron chi connectivity index (χ2n) is 3.53. The Morgan fingerprint density at radius 2 is 2.06 bits per heavy atom. The Morgan fingerprint density at radius 1 is 1.44 bits per heavy atom. The summed E-state index contributed by atoms with van der Waals surface area (Å²) < 4.78 is 10.1. The van der Waals surface area contributed by atoms with E-state index in [0.717, 1.165) is 0 Å². The van der Waals surface area contributed by atoms with Crippen molar-refractivity contribution in [3.8, 4) is 5.75 Å². The van der Waals surface area contributed by atoms with E-state index in [1.807, 2.05) is 13.8 Å². The molecule has 0 atom stereocenters. The molecule has 0 saturated carbocycles. The fraction of sp³-hybridized carbons (Fsp3) is 0.364. The van der Waals surface area contributed by atoms with Crippen LogP contribution in [-0.4, -0.2) is 19.2 Å². The molecule has 0 unspecified atom stereocenters. The van der Waals surface area contributed by atoms with Crippen molar-refractivity contribution in [2.75, 3.05) is 12.8 Å². The summed E-state index contributed by atoms with van der Waals surface area (Å²) in [5.41, 5.74) is 6.28. The van der Waals surface area contributed by atoms with Gasteiger partial charge in [0.2, 0.25) is 0 Å². The molecule has 5 heteroatoms. The summed E-state index contributed by atoms with van der Waals surface area (Å²) in [6, 6.07) is 2.97. The van der Waals surface area contributed by atoms with Crippen LogP contribution in [0.1, 0.15) is 24.2 Å². The molecule has 0 aromatic heterocycles. The second kappa shape index (κ2) is 5.07. The molecule has 16 heavy (non-hydrogen) atoms. The molecule has 0 aliphatic carbocycles. The van der Waals surface area contributed by atoms with Crippen LogP contribution in [0, 0.1) is 0 Å². The van der Waals surface area contributed by atoms with E-state index in [1.165, 1.54) is 19.2 Å². The lowest BCUT2D eigenvalue weighted by molar-refractivity contribution is 0.0594. The minimum atomic E-state index is -0.502. The zero-order valence-electron chi connectivity index (χ0n) is 9.41. The summed E-state index contributed by atoms with van der Waals surface area (Å²) in [5, 5.41) is 0.302. The molecule has 0 aliphatic rings. The lowest BCUT2D eigenvalue weighted by Gasteiger charge is -2.14. The van der Waals surface area contributed by atoms with Gasteiger partial charge in [0.05, 0.1) is 23.9 Å². The zero-order chi connectivity index (χ0) is 12.3. The molecular formula is C11H14ClNO3. The fourth-order valence-corrected chi connectivity index (χ4v) is 1.35. The van der Waals surface area contributed by atoms with Gasteiger partial charge in [-0.05, 0) is 19.9 Å². The molecule has 88 valence electrons. The number of hydrogen-bond acceptors (Lipinski definition) is 4. The van der Waals surface area contributed by atoms with E-state index >= 15 is 0 Å². The molecule has 0 spiro atoms. The normalized spacial score (nSPS) is 10.3. The van der Waals surface area contributed by atoms with Crippen molar-refractivity contribution in [1.82, 2.24) is 0 Å². The van der Waals surface area contributed by atoms with Crippen LogP contribution in [0.2, 0.25) is 5.02 Å². The van der Waals surface area contributed by atoms with Crippen molar-refractivity contribution >= 4 is 23.3 Å². The smallest absolute Gasteiger partial charge is 0.341 e. The van der Waals surface area contributed by atoms with Gasteiger partial charge in [0.15, 0.2) is 0 Å². The zero-order valence-corrected chi connectivity index (χ0v) is 10.2. The van der Waals surface area contributed by atoms with Gasteiger partial charge in [-0.25, -0.2) is 4.79 Å². The fourth-order valence-electron chi connectivity index (χ4n) is 1.19. The maximum Gasteiger partial charge on any atom is 0.341 e. The molecule has 0 fully saturated rings. The first-order valence-electron chi connectivity index (χ1n) is 4.79. The third-order valence-corrected chi connectivity index (χ3v) is 2.19. The quantitative estimate of drug-likeness (QED) is 0.655. The van der Waals surface area contributed by atoms with Crippen LogP contribution in [0.5, 0.6) is 5.75 Å². The Labute approximate surface area is 99.3 Å². The minimum absolute atomic E-state index is 0.0658. The number of ether oxygens (including phenoxy) is 2. The summed E-state index contributed by atoms with van der Waals surface area (Å²) in [6.07, 6.45) is -0.0658. The SMILES string of the molecule is COC(=O)c1cc(Cl)c(N)cc1OC(C)C. The number of benzene rings is 1. The summed E-state index contributed by atoms with van der Waals surface area (Å²) in [6.45, 7) is 3.71. The molecule has 2 N–H and O–H groups in total. The van der Waals surface area contributed by atoms with Crippen LogP contribution in [0.4, 0.5) is 5.69 Å². The first kappa shape index (κ1) is 12.6. The van der Waals surface area contributed by atoms with Crippen molar-refractivity contribution in [3.05, 3.63) is 22.7 Å². The van der Waals surface area contributed by atoms with E-state index in [1.54, 1.807) is 0 Å². The number of rotatable bonds is 3. The maximum atomic E-state index is 11.5. The molecular weight excluding hydrogens is 230 g/mol. The molecule has 1 aromatic rings. The number of nitrogen functional groups attached to an aromatic ring is 1. The number of anilines is 1. The number of esters is 1. The number of methoxy groups -OCH3 is 1. The largest absolute Gasteiger partial charge is 0.490 e. The van der Waals surface area contributed by atoms with E-state index in [4.69, 9.17) is 22.1 Å². The van der Waals surface area contributed by atoms with E-state index in [0.29, 0.717) is 16.5 Å². The lowest BCUT2D eigenvalue weighted by Crippen LogP contribution is -2.11. The Kier molecular flexibility index (Phi) is 4.01. The molecule has 4 nitrogen and oxygen atoms in total. The third kappa shape index (κ3) is 2.79. The van der Waals surface area contributed by atoms with Crippen LogP contribution >= 0.6 is 11.6 Å². The van der Waals surface area contributed by atoms with E-state index in [2.05, 4.69) is 4.74 Å². The molecule has 1 rings (SSSR count). The Hall–Kier alpha value is -1.42. The molecule has 0 radical (unpaired) electrons. The van der Waals surface area contributed by atoms with Crippen molar-refractivity contribution in [2.24, 2.45) is 0 Å². The van der Waals surface area contributed by atoms with E-state index in [9.17, 15) is 4.79 Å². The third-order valence-electron chi connectivity index (χ3n) is 1.87. The molecule has 1 aromatic carbocycles. The number of halogens is 1. The van der Waals surface area contributed by atoms with Gasteiger partial charge in [0.1, 0.15) is 11.3 Å². The highest BCUT2D eigenvalue weighted by molar-refractivity contribution is 6.33. The maximum absolute atomic E-state index is 11.5. The van der Waals surface area contributed by atoms with E-state index in [-0.39, 0.29) is 11.7 Å². The first-order valence-corrected chi connectivity index (χ1v) is 5.17. The summed E-state index contributed by atoms with van der Waals surface area (Å²) in [4.78, 5) is 11.5. The van der Waals surface area contributed by atoms with Gasteiger partial charge in [-0.15, -0.1) is 0 Å². The van der Waals surface area contributed by atoms with Crippen molar-refractivity contribution < 1.29 is 14.3 Å². The van der Waals surface area contributed by atoms with Gasteiger partial charge >= 0.3 is 5.97 Å². The summed E-state index contributed by atoms with van der Waals surface area (Å²) >= 11 is 5.84. The van der Waals surface area contributed by atoms with Crippen molar-refractivity contribution in [3.63, 3.8) is 0 Å². The highest BCUT2D eigenvalue weighted by Gasteiger charge is 2.16. The monoisotopic (exact) mass is 243 g/mol. The summed E-state index contributed by atoms with van der Waals surface area (Å²) in [7, 11) is 1.30. The molecule has 0 heterocycles. The molecule has 0 saturated heterocycles. The predicted octanol–water partition coefficient (Wildman–Crippen LogP) is 2.50. The lowest BCUT2D eigenvalue weighted by atomic mass is 10.2. The Morgan fingerprint density at radius 3 is 2.56 bits per heavy atom. The van der Waals surface area contributed by atoms with Crippen LogP contribution in [0.25, 0.3) is 0 Å². The highest BCUT2D eigenvalue weighted by atomic mass is 35.5. The Bertz CT molecular complexity index is 404. The summed E-state index contributed by atoms with van der Waals surface area (Å²) in [5.74, 6) is -0.124. The van der Waals surface area contributed by atoms with Gasteiger partial charge in [0.25, 0.3) is 0 Å². The number of hydrogen-bond donors (Lipinski definition) is 1. The Balaban J connectivity index is 3.21. The average Bonchev–Trinajstić information content (AvgIpc) is 2.21. The number of nitrogens with two attached hydrogens (primary N) is 1. The van der Waals surface area contributed by atoms with Gasteiger partial charge in [0, 0.05) is 6.07 Å². The van der Waals surface area contributed by atoms with Crippen LogP contribution < -0.4 is 10.5 Å². The minimum Gasteiger partial charge on any atom is -0.490 e. The van der Waals surface area contributed by atoms with Crippen molar-refractivity contribution in [2.45, 2.75) is 20.0 Å². The highest BCUT2D eigenvalue weighted by Crippen LogP contribution is 2.30. The van der Waals surface area contributed by atoms with Crippen LogP contribution in [-0.2, 0) is 4.74 Å². The van der Waals surface area contributed by atoms with Crippen molar-refractivity contribution in [1.29, 1.82) is 0 Å². The van der Waals surface area contributed by atoms with Gasteiger partial charge in [-0.1, -0.05) is 11.6 Å². The van der Waals surface area contributed by atoms with Gasteiger partial charge < -0.3 is 15.2 Å². The van der Waals surface area contributed by atoms with E-state index < -0.39 is 5.97 Å². The van der Waals surface area contributed by atoms with Gasteiger partial charge in [-0.3, -0.25) is 0 Å². The number of carbonyl (C=O) groups excluding carboxylic acids is 1. The first-order chi connectivity index (χ1) is 7.45. The van der Waals surface area contributed by atoms with Crippen LogP contribution in [0.15, 0.2) is 12.1 Å². The van der Waals surface area contributed by atoms with Crippen LogP contribution in [0.3, 0.4) is 0 Å².